The first-order valence-electron chi connectivity index (χ1n) is 14.9. The number of fused-ring (bicyclic) bond motifs is 1. The van der Waals surface area contributed by atoms with Crippen molar-refractivity contribution < 1.29 is 24.1 Å². The van der Waals surface area contributed by atoms with Gasteiger partial charge in [0.1, 0.15) is 29.4 Å². The van der Waals surface area contributed by atoms with E-state index in [9.17, 15) is 9.90 Å². The molecule has 0 bridgehead atoms. The zero-order valence-corrected chi connectivity index (χ0v) is 25.6. The van der Waals surface area contributed by atoms with E-state index in [0.717, 1.165) is 28.2 Å². The average molecular weight is 612 g/mol. The van der Waals surface area contributed by atoms with Gasteiger partial charge in [0.25, 0.3) is 5.56 Å². The van der Waals surface area contributed by atoms with Crippen molar-refractivity contribution in [3.05, 3.63) is 112 Å². The van der Waals surface area contributed by atoms with Crippen LogP contribution in [0, 0.1) is 0 Å². The van der Waals surface area contributed by atoms with E-state index < -0.39 is 24.0 Å². The third-order valence-corrected chi connectivity index (χ3v) is 8.01. The summed E-state index contributed by atoms with van der Waals surface area (Å²) in [7, 11) is 3.26. The van der Waals surface area contributed by atoms with Crippen molar-refractivity contribution in [2.24, 2.45) is 0 Å². The fourth-order valence-electron chi connectivity index (χ4n) is 5.80. The van der Waals surface area contributed by atoms with Crippen LogP contribution in [0.3, 0.4) is 0 Å². The molecule has 0 saturated carbocycles. The highest BCUT2D eigenvalue weighted by Crippen LogP contribution is 2.43. The summed E-state index contributed by atoms with van der Waals surface area (Å²) < 4.78 is 25.9. The molecule has 1 saturated heterocycles. The van der Waals surface area contributed by atoms with Gasteiger partial charge in [0, 0.05) is 12.5 Å². The summed E-state index contributed by atoms with van der Waals surface area (Å²) in [5, 5.41) is 14.4. The fourth-order valence-corrected chi connectivity index (χ4v) is 5.80. The van der Waals surface area contributed by atoms with Crippen LogP contribution < -0.4 is 20.3 Å². The van der Waals surface area contributed by atoms with Gasteiger partial charge in [-0.1, -0.05) is 54.6 Å². The van der Waals surface area contributed by atoms with Gasteiger partial charge in [-0.2, -0.15) is 4.98 Å². The first-order chi connectivity index (χ1) is 21.8. The summed E-state index contributed by atoms with van der Waals surface area (Å²) >= 11 is 0. The number of aromatic amines is 1. The van der Waals surface area contributed by atoms with E-state index in [4.69, 9.17) is 18.9 Å². The van der Waals surface area contributed by atoms with E-state index in [1.54, 1.807) is 18.8 Å². The molecule has 11 nitrogen and oxygen atoms in total. The van der Waals surface area contributed by atoms with E-state index in [1.165, 1.54) is 6.33 Å². The Bertz CT molecular complexity index is 1740. The molecule has 3 heterocycles. The van der Waals surface area contributed by atoms with Crippen LogP contribution in [-0.2, 0) is 15.1 Å². The van der Waals surface area contributed by atoms with Gasteiger partial charge in [-0.05, 0) is 54.8 Å². The van der Waals surface area contributed by atoms with Gasteiger partial charge in [0.2, 0.25) is 5.95 Å². The summed E-state index contributed by atoms with van der Waals surface area (Å²) in [4.78, 5) is 24.3. The van der Waals surface area contributed by atoms with Crippen LogP contribution >= 0.6 is 0 Å². The minimum absolute atomic E-state index is 0.0609. The lowest BCUT2D eigenvalue weighted by Crippen LogP contribution is -2.38. The minimum Gasteiger partial charge on any atom is -0.497 e. The molecule has 3 aromatic carbocycles. The Morgan fingerprint density at radius 3 is 2.16 bits per heavy atom. The summed E-state index contributed by atoms with van der Waals surface area (Å²) in [6.07, 6.45) is -0.335. The lowest BCUT2D eigenvalue weighted by molar-refractivity contribution is -0.0931. The van der Waals surface area contributed by atoms with Gasteiger partial charge >= 0.3 is 0 Å². The Balaban J connectivity index is 1.35. The topological polar surface area (TPSA) is 133 Å². The number of benzene rings is 3. The van der Waals surface area contributed by atoms with Crippen LogP contribution in [0.1, 0.15) is 43.2 Å². The molecule has 0 unspecified atom stereocenters. The number of aromatic nitrogens is 4. The van der Waals surface area contributed by atoms with Crippen molar-refractivity contribution in [1.82, 2.24) is 19.5 Å². The van der Waals surface area contributed by atoms with Crippen LogP contribution in [0.2, 0.25) is 0 Å². The molecule has 1 fully saturated rings. The van der Waals surface area contributed by atoms with Gasteiger partial charge in [0.15, 0.2) is 11.2 Å². The van der Waals surface area contributed by atoms with Crippen LogP contribution in [-0.4, -0.2) is 63.7 Å². The molecule has 0 radical (unpaired) electrons. The number of nitrogens with zero attached hydrogens (tertiary/aromatic N) is 3. The second kappa shape index (κ2) is 12.7. The third-order valence-electron chi connectivity index (χ3n) is 8.01. The molecule has 1 aliphatic rings. The lowest BCUT2D eigenvalue weighted by atomic mass is 9.80. The molecule has 3 N–H and O–H groups in total. The zero-order chi connectivity index (χ0) is 31.6. The molecule has 3 atom stereocenters. The predicted molar refractivity (Wildman–Crippen MR) is 170 cm³/mol. The molecule has 234 valence electrons. The Hall–Kier alpha value is -4.71. The SMILES string of the molecule is COc1ccc(C(OC[C@H]2O[C@@H](n3cnc4c(=O)[nH]c(NC(C)C)nc43)C[C@@H]2O)(c2ccccc2)c2ccc(OC)cc2)cc1. The number of hydrogen-bond donors (Lipinski definition) is 3. The highest BCUT2D eigenvalue weighted by atomic mass is 16.6. The van der Waals surface area contributed by atoms with E-state index >= 15 is 0 Å². The Morgan fingerprint density at radius 1 is 0.978 bits per heavy atom. The van der Waals surface area contributed by atoms with E-state index in [2.05, 4.69) is 20.3 Å². The Kier molecular flexibility index (Phi) is 8.57. The molecule has 6 rings (SSSR count). The van der Waals surface area contributed by atoms with Gasteiger partial charge in [0.05, 0.1) is 33.3 Å². The molecule has 0 amide bonds. The number of ether oxygens (including phenoxy) is 4. The number of imidazole rings is 1. The lowest BCUT2D eigenvalue weighted by Gasteiger charge is -2.37. The monoisotopic (exact) mass is 611 g/mol. The molecule has 1 aliphatic heterocycles. The molecule has 11 heteroatoms. The highest BCUT2D eigenvalue weighted by Gasteiger charge is 2.42. The summed E-state index contributed by atoms with van der Waals surface area (Å²) in [5.74, 6) is 1.79. The molecule has 5 aromatic rings. The number of aliphatic hydroxyl groups is 1. The maximum atomic E-state index is 12.7. The quantitative estimate of drug-likeness (QED) is 0.183. The van der Waals surface area contributed by atoms with Gasteiger partial charge in [-0.25, -0.2) is 4.98 Å². The second-order valence-electron chi connectivity index (χ2n) is 11.3. The van der Waals surface area contributed by atoms with Gasteiger partial charge < -0.3 is 29.4 Å². The first kappa shape index (κ1) is 30.3. The molecular weight excluding hydrogens is 574 g/mol. The maximum Gasteiger partial charge on any atom is 0.280 e. The van der Waals surface area contributed by atoms with Crippen LogP contribution in [0.15, 0.2) is 90.0 Å². The number of anilines is 1. The van der Waals surface area contributed by atoms with Crippen LogP contribution in [0.4, 0.5) is 5.95 Å². The average Bonchev–Trinajstić information content (AvgIpc) is 3.65. The Labute approximate surface area is 260 Å². The summed E-state index contributed by atoms with van der Waals surface area (Å²) in [6, 6.07) is 25.5. The van der Waals surface area contributed by atoms with Crippen LogP contribution in [0.5, 0.6) is 11.5 Å². The largest absolute Gasteiger partial charge is 0.497 e. The van der Waals surface area contributed by atoms with Crippen molar-refractivity contribution in [3.63, 3.8) is 0 Å². The number of hydrogen-bond acceptors (Lipinski definition) is 9. The number of aliphatic hydroxyl groups excluding tert-OH is 1. The maximum absolute atomic E-state index is 12.7. The molecule has 45 heavy (non-hydrogen) atoms. The van der Waals surface area contributed by atoms with Crippen molar-refractivity contribution in [2.45, 2.75) is 50.3 Å². The highest BCUT2D eigenvalue weighted by molar-refractivity contribution is 5.71. The van der Waals surface area contributed by atoms with Gasteiger partial charge in [-0.3, -0.25) is 14.3 Å². The smallest absolute Gasteiger partial charge is 0.280 e. The van der Waals surface area contributed by atoms with Crippen molar-refractivity contribution in [2.75, 3.05) is 26.1 Å². The van der Waals surface area contributed by atoms with Crippen molar-refractivity contribution in [3.8, 4) is 11.5 Å². The normalized spacial score (nSPS) is 18.4. The van der Waals surface area contributed by atoms with Gasteiger partial charge in [-0.15, -0.1) is 0 Å². The standard InChI is InChI=1S/C34H37N5O6/c1-21(2)36-33-37-31-30(32(41)38-33)35-20-39(31)29-18-27(40)28(45-29)19-44-34(22-8-6-5-7-9-22,23-10-14-25(42-3)15-11-23)24-12-16-26(43-4)17-13-24/h5-17,20-21,27-29,40H,18-19H2,1-4H3,(H2,36,37,38,41)/t27-,28+,29+/m0/s1. The first-order valence-corrected chi connectivity index (χ1v) is 14.9. The van der Waals surface area contributed by atoms with Crippen molar-refractivity contribution >= 4 is 17.1 Å². The number of nitrogens with one attached hydrogen (secondary N) is 2. The fraction of sp³-hybridized carbons (Fsp3) is 0.324. The number of rotatable bonds is 11. The third kappa shape index (κ3) is 5.89. The second-order valence-corrected chi connectivity index (χ2v) is 11.3. The van der Waals surface area contributed by atoms with Crippen LogP contribution in [0.25, 0.3) is 11.2 Å². The molecule has 0 aliphatic carbocycles. The molecule has 2 aromatic heterocycles. The van der Waals surface area contributed by atoms with E-state index in [0.29, 0.717) is 11.6 Å². The number of methoxy groups -OCH3 is 2. The van der Waals surface area contributed by atoms with E-state index in [-0.39, 0.29) is 30.1 Å². The van der Waals surface area contributed by atoms with E-state index in [1.807, 2.05) is 92.7 Å². The summed E-state index contributed by atoms with van der Waals surface area (Å²) in [6.45, 7) is 3.97. The Morgan fingerprint density at radius 2 is 1.58 bits per heavy atom. The predicted octanol–water partition coefficient (Wildman–Crippen LogP) is 4.61. The van der Waals surface area contributed by atoms with Crippen molar-refractivity contribution in [1.29, 1.82) is 0 Å². The number of H-pyrrole nitrogens is 1. The zero-order valence-electron chi connectivity index (χ0n) is 25.6. The minimum atomic E-state index is -1.06. The molecular formula is C34H37N5O6. The summed E-state index contributed by atoms with van der Waals surface area (Å²) in [5.41, 5.74) is 1.80. The molecule has 0 spiro atoms.